The van der Waals surface area contributed by atoms with E-state index < -0.39 is 0 Å². The zero-order valence-corrected chi connectivity index (χ0v) is 11.4. The van der Waals surface area contributed by atoms with Gasteiger partial charge in [-0.3, -0.25) is 4.68 Å². The quantitative estimate of drug-likeness (QED) is 0.793. The topological polar surface area (TPSA) is 52.0 Å². The Kier molecular flexibility index (Phi) is 5.13. The van der Waals surface area contributed by atoms with E-state index in [0.717, 1.165) is 51.4 Å². The van der Waals surface area contributed by atoms with Crippen LogP contribution in [0.3, 0.4) is 0 Å². The molecule has 2 atom stereocenters. The average Bonchev–Trinajstić information content (AvgIpc) is 3.01. The molecule has 0 aliphatic carbocycles. The summed E-state index contributed by atoms with van der Waals surface area (Å²) in [6.07, 6.45) is 4.86. The molecule has 2 heterocycles. The summed E-state index contributed by atoms with van der Waals surface area (Å²) in [5.74, 6) is 1.70. The van der Waals surface area contributed by atoms with E-state index in [0.29, 0.717) is 12.0 Å². The molecule has 5 nitrogen and oxygen atoms in total. The van der Waals surface area contributed by atoms with Gasteiger partial charge < -0.3 is 10.1 Å². The molecule has 1 saturated heterocycles. The van der Waals surface area contributed by atoms with Crippen LogP contribution in [-0.2, 0) is 17.7 Å². The average molecular weight is 252 g/mol. The summed E-state index contributed by atoms with van der Waals surface area (Å²) in [6.45, 7) is 8.03. The fraction of sp³-hybridized carbons (Fsp3) is 0.846. The predicted molar refractivity (Wildman–Crippen MR) is 70.4 cm³/mol. The van der Waals surface area contributed by atoms with Crippen LogP contribution in [0.15, 0.2) is 6.33 Å². The van der Waals surface area contributed by atoms with E-state index in [4.69, 9.17) is 4.74 Å². The third kappa shape index (κ3) is 3.29. The molecule has 0 bridgehead atoms. The van der Waals surface area contributed by atoms with Crippen molar-refractivity contribution >= 4 is 0 Å². The molecule has 1 fully saturated rings. The van der Waals surface area contributed by atoms with Gasteiger partial charge in [0.25, 0.3) is 0 Å². The maximum absolute atomic E-state index is 5.50. The fourth-order valence-corrected chi connectivity index (χ4v) is 2.58. The first-order valence-corrected chi connectivity index (χ1v) is 7.03. The van der Waals surface area contributed by atoms with E-state index in [1.807, 2.05) is 4.68 Å². The molecule has 2 unspecified atom stereocenters. The number of likely N-dealkylation sites (N-methyl/N-ethyl adjacent to an activating group) is 1. The first kappa shape index (κ1) is 13.5. The van der Waals surface area contributed by atoms with E-state index in [9.17, 15) is 0 Å². The van der Waals surface area contributed by atoms with Crippen LogP contribution >= 0.6 is 0 Å². The van der Waals surface area contributed by atoms with Crippen molar-refractivity contribution in [1.82, 2.24) is 20.1 Å². The number of ether oxygens (including phenoxy) is 1. The smallest absolute Gasteiger partial charge is 0.138 e. The molecular weight excluding hydrogens is 228 g/mol. The van der Waals surface area contributed by atoms with Crippen LogP contribution < -0.4 is 5.32 Å². The zero-order chi connectivity index (χ0) is 12.8. The highest BCUT2D eigenvalue weighted by atomic mass is 16.5. The van der Waals surface area contributed by atoms with Gasteiger partial charge >= 0.3 is 0 Å². The zero-order valence-electron chi connectivity index (χ0n) is 11.4. The standard InChI is InChI=1S/C13H24N4O/c1-3-6-17-13(15-10-16-17)8-12(14-4-2)11-5-7-18-9-11/h10-12,14H,3-9H2,1-2H3. The van der Waals surface area contributed by atoms with Gasteiger partial charge in [-0.25, -0.2) is 4.98 Å². The van der Waals surface area contributed by atoms with E-state index in [1.54, 1.807) is 6.33 Å². The lowest BCUT2D eigenvalue weighted by atomic mass is 9.96. The molecule has 0 radical (unpaired) electrons. The minimum Gasteiger partial charge on any atom is -0.381 e. The maximum atomic E-state index is 5.50. The lowest BCUT2D eigenvalue weighted by Gasteiger charge is -2.23. The summed E-state index contributed by atoms with van der Waals surface area (Å²) in [5.41, 5.74) is 0. The van der Waals surface area contributed by atoms with Crippen molar-refractivity contribution in [2.24, 2.45) is 5.92 Å². The number of nitrogens with one attached hydrogen (secondary N) is 1. The Hall–Kier alpha value is -0.940. The fourth-order valence-electron chi connectivity index (χ4n) is 2.58. The number of rotatable bonds is 7. The number of nitrogens with zero attached hydrogens (tertiary/aromatic N) is 3. The highest BCUT2D eigenvalue weighted by molar-refractivity contribution is 4.93. The Morgan fingerprint density at radius 1 is 1.56 bits per heavy atom. The summed E-state index contributed by atoms with van der Waals surface area (Å²) in [5, 5.41) is 7.86. The Morgan fingerprint density at radius 2 is 2.44 bits per heavy atom. The highest BCUT2D eigenvalue weighted by Crippen LogP contribution is 2.19. The molecule has 0 spiro atoms. The lowest BCUT2D eigenvalue weighted by Crippen LogP contribution is -2.39. The summed E-state index contributed by atoms with van der Waals surface area (Å²) < 4.78 is 7.53. The van der Waals surface area contributed by atoms with Crippen molar-refractivity contribution < 1.29 is 4.74 Å². The minimum atomic E-state index is 0.456. The highest BCUT2D eigenvalue weighted by Gasteiger charge is 2.26. The first-order valence-electron chi connectivity index (χ1n) is 7.03. The molecule has 1 aromatic heterocycles. The van der Waals surface area contributed by atoms with Gasteiger partial charge in [-0.05, 0) is 19.4 Å². The van der Waals surface area contributed by atoms with Crippen LogP contribution in [0, 0.1) is 5.92 Å². The molecule has 1 N–H and O–H groups in total. The molecular formula is C13H24N4O. The van der Waals surface area contributed by atoms with Crippen LogP contribution in [0.25, 0.3) is 0 Å². The van der Waals surface area contributed by atoms with Crippen LogP contribution in [0.2, 0.25) is 0 Å². The number of aromatic nitrogens is 3. The Bertz CT molecular complexity index is 347. The molecule has 0 amide bonds. The van der Waals surface area contributed by atoms with Gasteiger partial charge in [0.1, 0.15) is 12.2 Å². The first-order chi connectivity index (χ1) is 8.85. The molecule has 18 heavy (non-hydrogen) atoms. The maximum Gasteiger partial charge on any atom is 0.138 e. The Labute approximate surface area is 109 Å². The van der Waals surface area contributed by atoms with Crippen molar-refractivity contribution in [3.05, 3.63) is 12.2 Å². The van der Waals surface area contributed by atoms with Gasteiger partial charge in [-0.15, -0.1) is 0 Å². The molecule has 2 rings (SSSR count). The van der Waals surface area contributed by atoms with Gasteiger partial charge in [-0.2, -0.15) is 5.10 Å². The Morgan fingerprint density at radius 3 is 3.11 bits per heavy atom. The van der Waals surface area contributed by atoms with Gasteiger partial charge in [-0.1, -0.05) is 13.8 Å². The third-order valence-electron chi connectivity index (χ3n) is 3.53. The Balaban J connectivity index is 2.00. The number of hydrogen-bond acceptors (Lipinski definition) is 4. The minimum absolute atomic E-state index is 0.456. The second kappa shape index (κ2) is 6.85. The van der Waals surface area contributed by atoms with E-state index in [2.05, 4.69) is 29.2 Å². The predicted octanol–water partition coefficient (Wildman–Crippen LogP) is 1.25. The third-order valence-corrected chi connectivity index (χ3v) is 3.53. The van der Waals surface area contributed by atoms with Crippen molar-refractivity contribution in [2.75, 3.05) is 19.8 Å². The van der Waals surface area contributed by atoms with Gasteiger partial charge in [0.2, 0.25) is 0 Å². The van der Waals surface area contributed by atoms with Crippen LogP contribution in [0.4, 0.5) is 0 Å². The lowest BCUT2D eigenvalue weighted by molar-refractivity contribution is 0.176. The van der Waals surface area contributed by atoms with Crippen LogP contribution in [0.5, 0.6) is 0 Å². The van der Waals surface area contributed by atoms with Crippen molar-refractivity contribution in [1.29, 1.82) is 0 Å². The molecule has 0 saturated carbocycles. The van der Waals surface area contributed by atoms with Crippen molar-refractivity contribution in [3.8, 4) is 0 Å². The van der Waals surface area contributed by atoms with Gasteiger partial charge in [0.15, 0.2) is 0 Å². The summed E-state index contributed by atoms with van der Waals surface area (Å²) in [6, 6.07) is 0.456. The summed E-state index contributed by atoms with van der Waals surface area (Å²) in [7, 11) is 0. The molecule has 5 heteroatoms. The van der Waals surface area contributed by atoms with Crippen molar-refractivity contribution in [3.63, 3.8) is 0 Å². The van der Waals surface area contributed by atoms with E-state index in [1.165, 1.54) is 0 Å². The number of aryl methyl sites for hydroxylation is 1. The van der Waals surface area contributed by atoms with Crippen molar-refractivity contribution in [2.45, 2.75) is 45.7 Å². The second-order valence-electron chi connectivity index (χ2n) is 4.89. The van der Waals surface area contributed by atoms with Crippen LogP contribution in [0.1, 0.15) is 32.5 Å². The number of hydrogen-bond donors (Lipinski definition) is 1. The molecule has 102 valence electrons. The normalized spacial score (nSPS) is 21.3. The summed E-state index contributed by atoms with van der Waals surface area (Å²) >= 11 is 0. The SMILES string of the molecule is CCCn1ncnc1CC(NCC)C1CCOC1. The molecule has 1 aliphatic heterocycles. The van der Waals surface area contributed by atoms with Crippen LogP contribution in [-0.4, -0.2) is 40.6 Å². The largest absolute Gasteiger partial charge is 0.381 e. The van der Waals surface area contributed by atoms with Gasteiger partial charge in [0.05, 0.1) is 6.61 Å². The van der Waals surface area contributed by atoms with Gasteiger partial charge in [0, 0.05) is 31.5 Å². The molecule has 0 aromatic carbocycles. The second-order valence-corrected chi connectivity index (χ2v) is 4.89. The van der Waals surface area contributed by atoms with E-state index in [-0.39, 0.29) is 0 Å². The summed E-state index contributed by atoms with van der Waals surface area (Å²) in [4.78, 5) is 4.40. The van der Waals surface area contributed by atoms with E-state index >= 15 is 0 Å². The molecule has 1 aromatic rings. The monoisotopic (exact) mass is 252 g/mol. The molecule has 1 aliphatic rings.